The second-order valence-electron chi connectivity index (χ2n) is 6.25. The number of ether oxygens (including phenoxy) is 2. The highest BCUT2D eigenvalue weighted by Gasteiger charge is 2.07. The third-order valence-electron chi connectivity index (χ3n) is 4.15. The van der Waals surface area contributed by atoms with Crippen molar-refractivity contribution in [2.45, 2.75) is 20.0 Å². The van der Waals surface area contributed by atoms with E-state index in [2.05, 4.69) is 28.2 Å². The van der Waals surface area contributed by atoms with Gasteiger partial charge in [-0.2, -0.15) is 0 Å². The quantitative estimate of drug-likeness (QED) is 0.496. The van der Waals surface area contributed by atoms with E-state index in [1.165, 1.54) is 5.56 Å². The van der Waals surface area contributed by atoms with E-state index in [0.717, 1.165) is 22.2 Å². The Bertz CT molecular complexity index is 911. The van der Waals surface area contributed by atoms with Crippen molar-refractivity contribution in [1.29, 1.82) is 0 Å². The molecule has 0 saturated carbocycles. The number of aryl methyl sites for hydroxylation is 1. The zero-order valence-electron chi connectivity index (χ0n) is 15.7. The number of nitrogens with one attached hydrogen (secondary N) is 1. The van der Waals surface area contributed by atoms with Gasteiger partial charge in [-0.25, -0.2) is 0 Å². The average Bonchev–Trinajstić information content (AvgIpc) is 2.73. The molecule has 0 radical (unpaired) electrons. The highest BCUT2D eigenvalue weighted by Crippen LogP contribution is 2.26. The molecular weight excluding hydrogens is 418 g/mol. The molecule has 0 aliphatic carbocycles. The van der Waals surface area contributed by atoms with Crippen LogP contribution < -0.4 is 14.8 Å². The molecule has 28 heavy (non-hydrogen) atoms. The molecule has 4 nitrogen and oxygen atoms in total. The molecule has 1 amide bonds. The predicted octanol–water partition coefficient (Wildman–Crippen LogP) is 5.61. The number of anilines is 1. The lowest BCUT2D eigenvalue weighted by atomic mass is 10.2. The molecule has 0 atom stereocenters. The number of hydrogen-bond donors (Lipinski definition) is 1. The molecule has 5 heteroatoms. The summed E-state index contributed by atoms with van der Waals surface area (Å²) in [7, 11) is 0. The molecule has 3 aromatic carbocycles. The van der Waals surface area contributed by atoms with Crippen LogP contribution in [0.5, 0.6) is 11.5 Å². The minimum absolute atomic E-state index is 0.0592. The molecule has 144 valence electrons. The summed E-state index contributed by atoms with van der Waals surface area (Å²) >= 11 is 3.47. The Kier molecular flexibility index (Phi) is 7.09. The fraction of sp³-hybridized carbons (Fsp3) is 0.174. The van der Waals surface area contributed by atoms with Gasteiger partial charge >= 0.3 is 0 Å². The van der Waals surface area contributed by atoms with Crippen LogP contribution in [-0.2, 0) is 17.8 Å². The molecule has 3 rings (SSSR count). The van der Waals surface area contributed by atoms with Gasteiger partial charge in [-0.3, -0.25) is 4.79 Å². The molecule has 0 aromatic heterocycles. The molecule has 0 aliphatic heterocycles. The van der Waals surface area contributed by atoms with Gasteiger partial charge < -0.3 is 14.8 Å². The highest BCUT2D eigenvalue weighted by atomic mass is 79.9. The molecule has 0 aliphatic rings. The van der Waals surface area contributed by atoms with Crippen molar-refractivity contribution >= 4 is 27.5 Å². The Labute approximate surface area is 173 Å². The Hall–Kier alpha value is -2.79. The number of amides is 1. The second-order valence-corrected chi connectivity index (χ2v) is 7.11. The van der Waals surface area contributed by atoms with Crippen molar-refractivity contribution in [2.24, 2.45) is 0 Å². The number of carbonyl (C=O) groups excluding carboxylic acids is 1. The predicted molar refractivity (Wildman–Crippen MR) is 115 cm³/mol. The third-order valence-corrected chi connectivity index (χ3v) is 4.77. The molecule has 0 saturated heterocycles. The normalized spacial score (nSPS) is 10.4. The lowest BCUT2D eigenvalue weighted by molar-refractivity contribution is -0.118. The number of rotatable bonds is 8. The monoisotopic (exact) mass is 439 g/mol. The fourth-order valence-electron chi connectivity index (χ4n) is 2.60. The largest absolute Gasteiger partial charge is 0.489 e. The van der Waals surface area contributed by atoms with Gasteiger partial charge in [-0.15, -0.1) is 0 Å². The summed E-state index contributed by atoms with van der Waals surface area (Å²) in [5.41, 5.74) is 3.01. The lowest BCUT2D eigenvalue weighted by Crippen LogP contribution is -2.20. The summed E-state index contributed by atoms with van der Waals surface area (Å²) in [6, 6.07) is 23.1. The van der Waals surface area contributed by atoms with Crippen molar-refractivity contribution in [3.8, 4) is 11.5 Å². The first-order chi connectivity index (χ1) is 13.6. The van der Waals surface area contributed by atoms with Crippen LogP contribution in [0, 0.1) is 0 Å². The first kappa shape index (κ1) is 20.0. The van der Waals surface area contributed by atoms with Gasteiger partial charge in [0.2, 0.25) is 0 Å². The summed E-state index contributed by atoms with van der Waals surface area (Å²) in [6.07, 6.45) is 0.949. The number of hydrogen-bond acceptors (Lipinski definition) is 3. The number of benzene rings is 3. The maximum absolute atomic E-state index is 12.1. The van der Waals surface area contributed by atoms with Crippen LogP contribution in [0.4, 0.5) is 5.69 Å². The van der Waals surface area contributed by atoms with Gasteiger partial charge in [0, 0.05) is 5.69 Å². The lowest BCUT2D eigenvalue weighted by Gasteiger charge is -2.11. The van der Waals surface area contributed by atoms with E-state index in [1.54, 1.807) is 0 Å². The topological polar surface area (TPSA) is 47.6 Å². The van der Waals surface area contributed by atoms with Gasteiger partial charge in [-0.1, -0.05) is 43.3 Å². The van der Waals surface area contributed by atoms with Gasteiger partial charge in [-0.05, 0) is 69.9 Å². The van der Waals surface area contributed by atoms with E-state index >= 15 is 0 Å². The Morgan fingerprint density at radius 2 is 1.68 bits per heavy atom. The summed E-state index contributed by atoms with van der Waals surface area (Å²) in [5, 5.41) is 2.82. The SMILES string of the molecule is CCc1ccc(OCC(=O)Nc2ccc(OCc3ccccc3)cc2)c(Br)c1. The molecule has 0 bridgehead atoms. The van der Waals surface area contributed by atoms with Crippen LogP contribution in [0.2, 0.25) is 0 Å². The summed E-state index contributed by atoms with van der Waals surface area (Å²) in [6.45, 7) is 2.54. The van der Waals surface area contributed by atoms with E-state index in [4.69, 9.17) is 9.47 Å². The molecule has 0 unspecified atom stereocenters. The molecule has 1 N–H and O–H groups in total. The van der Waals surface area contributed by atoms with Crippen molar-refractivity contribution < 1.29 is 14.3 Å². The van der Waals surface area contributed by atoms with Crippen LogP contribution >= 0.6 is 15.9 Å². The van der Waals surface area contributed by atoms with Gasteiger partial charge in [0.25, 0.3) is 5.91 Å². The minimum Gasteiger partial charge on any atom is -0.489 e. The fourth-order valence-corrected chi connectivity index (χ4v) is 3.14. The second kappa shape index (κ2) is 9.95. The van der Waals surface area contributed by atoms with Crippen LogP contribution in [0.3, 0.4) is 0 Å². The van der Waals surface area contributed by atoms with Crippen LogP contribution in [0.25, 0.3) is 0 Å². The van der Waals surface area contributed by atoms with E-state index in [1.807, 2.05) is 72.8 Å². The van der Waals surface area contributed by atoms with Crippen molar-refractivity contribution in [1.82, 2.24) is 0 Å². The van der Waals surface area contributed by atoms with E-state index < -0.39 is 0 Å². The highest BCUT2D eigenvalue weighted by molar-refractivity contribution is 9.10. The first-order valence-corrected chi connectivity index (χ1v) is 9.91. The third kappa shape index (κ3) is 5.86. The minimum atomic E-state index is -0.218. The van der Waals surface area contributed by atoms with Crippen LogP contribution in [0.15, 0.2) is 77.3 Å². The van der Waals surface area contributed by atoms with Crippen molar-refractivity contribution in [3.05, 3.63) is 88.4 Å². The number of halogens is 1. The van der Waals surface area contributed by atoms with Crippen LogP contribution in [-0.4, -0.2) is 12.5 Å². The van der Waals surface area contributed by atoms with Gasteiger partial charge in [0.1, 0.15) is 18.1 Å². The summed E-state index contributed by atoms with van der Waals surface area (Å²) in [5.74, 6) is 1.18. The Balaban J connectivity index is 1.47. The van der Waals surface area contributed by atoms with E-state index in [-0.39, 0.29) is 12.5 Å². The smallest absolute Gasteiger partial charge is 0.262 e. The van der Waals surface area contributed by atoms with Crippen molar-refractivity contribution in [2.75, 3.05) is 11.9 Å². The van der Waals surface area contributed by atoms with E-state index in [9.17, 15) is 4.79 Å². The Morgan fingerprint density at radius 1 is 0.929 bits per heavy atom. The Morgan fingerprint density at radius 3 is 2.36 bits per heavy atom. The zero-order chi connectivity index (χ0) is 19.8. The maximum Gasteiger partial charge on any atom is 0.262 e. The summed E-state index contributed by atoms with van der Waals surface area (Å²) < 4.78 is 12.2. The first-order valence-electron chi connectivity index (χ1n) is 9.12. The summed E-state index contributed by atoms with van der Waals surface area (Å²) in [4.78, 5) is 12.1. The van der Waals surface area contributed by atoms with Gasteiger partial charge in [0.15, 0.2) is 6.61 Å². The van der Waals surface area contributed by atoms with Crippen molar-refractivity contribution in [3.63, 3.8) is 0 Å². The average molecular weight is 440 g/mol. The standard InChI is InChI=1S/C23H22BrNO3/c1-2-17-8-13-22(21(24)14-17)28-16-23(26)25-19-9-11-20(12-10-19)27-15-18-6-4-3-5-7-18/h3-14H,2,15-16H2,1H3,(H,25,26). The van der Waals surface area contributed by atoms with E-state index in [0.29, 0.717) is 18.0 Å². The molecular formula is C23H22BrNO3. The number of carbonyl (C=O) groups is 1. The van der Waals surface area contributed by atoms with Gasteiger partial charge in [0.05, 0.1) is 4.47 Å². The molecule has 0 fully saturated rings. The molecule has 0 spiro atoms. The van der Waals surface area contributed by atoms with Crippen LogP contribution in [0.1, 0.15) is 18.1 Å². The molecule has 0 heterocycles. The maximum atomic E-state index is 12.1. The zero-order valence-corrected chi connectivity index (χ0v) is 17.2. The molecule has 3 aromatic rings.